The summed E-state index contributed by atoms with van der Waals surface area (Å²) in [6, 6.07) is 18.1. The number of rotatable bonds is 6. The van der Waals surface area contributed by atoms with Gasteiger partial charge in [-0.15, -0.1) is 11.3 Å². The summed E-state index contributed by atoms with van der Waals surface area (Å²) >= 11 is 1.51. The summed E-state index contributed by atoms with van der Waals surface area (Å²) in [7, 11) is 0. The third-order valence-corrected chi connectivity index (χ3v) is 6.88. The maximum atomic E-state index is 13.6. The van der Waals surface area contributed by atoms with E-state index in [1.54, 1.807) is 12.3 Å². The van der Waals surface area contributed by atoms with Crippen LogP contribution in [0.4, 0.5) is 15.9 Å². The van der Waals surface area contributed by atoms with Crippen LogP contribution in [0, 0.1) is 5.82 Å². The molecule has 3 heterocycles. The van der Waals surface area contributed by atoms with Gasteiger partial charge in [-0.2, -0.15) is 5.10 Å². The molecular weight excluding hydrogens is 465 g/mol. The molecule has 6 rings (SSSR count). The Morgan fingerprint density at radius 3 is 2.83 bits per heavy atom. The highest BCUT2D eigenvalue weighted by Crippen LogP contribution is 2.37. The van der Waals surface area contributed by atoms with Crippen molar-refractivity contribution in [2.24, 2.45) is 0 Å². The summed E-state index contributed by atoms with van der Waals surface area (Å²) in [5.41, 5.74) is 3.39. The van der Waals surface area contributed by atoms with E-state index in [4.69, 9.17) is 5.11 Å². The second kappa shape index (κ2) is 8.44. The van der Waals surface area contributed by atoms with Crippen LogP contribution in [0.25, 0.3) is 31.2 Å². The number of nitrogens with zero attached hydrogens (tertiary/aromatic N) is 4. The molecule has 0 aliphatic rings. The molecule has 2 N–H and O–H groups in total. The number of benzene rings is 3. The number of anilines is 2. The molecule has 0 saturated carbocycles. The summed E-state index contributed by atoms with van der Waals surface area (Å²) in [4.78, 5) is 20.8. The van der Waals surface area contributed by atoms with Gasteiger partial charge in [-0.05, 0) is 47.5 Å². The van der Waals surface area contributed by atoms with Crippen molar-refractivity contribution in [2.75, 3.05) is 5.32 Å². The van der Waals surface area contributed by atoms with Gasteiger partial charge in [-0.25, -0.2) is 14.4 Å². The summed E-state index contributed by atoms with van der Waals surface area (Å²) in [5.74, 6) is -0.443. The Morgan fingerprint density at radius 1 is 1.06 bits per heavy atom. The number of aliphatic carboxylic acids is 1. The minimum absolute atomic E-state index is 0.0200. The zero-order valence-electron chi connectivity index (χ0n) is 18.3. The first-order chi connectivity index (χ1) is 17.0. The summed E-state index contributed by atoms with van der Waals surface area (Å²) in [6.07, 6.45) is 3.29. The number of carbonyl (C=O) groups is 1. The second-order valence-corrected chi connectivity index (χ2v) is 9.27. The highest BCUT2D eigenvalue weighted by Gasteiger charge is 2.14. The van der Waals surface area contributed by atoms with Gasteiger partial charge in [-0.1, -0.05) is 24.3 Å². The topological polar surface area (TPSA) is 92.9 Å². The minimum Gasteiger partial charge on any atom is -0.481 e. The average Bonchev–Trinajstić information content (AvgIpc) is 3.39. The SMILES string of the molecule is O=C(O)Cc1ccc2c(c1)sc1ncnc(Nc3ccc4c(cnn4Cc4cccc(F)c4)c3)c12. The summed E-state index contributed by atoms with van der Waals surface area (Å²) < 4.78 is 16.4. The molecule has 0 bridgehead atoms. The van der Waals surface area contributed by atoms with Crippen LogP contribution in [0.15, 0.2) is 73.2 Å². The smallest absolute Gasteiger partial charge is 0.307 e. The quantitative estimate of drug-likeness (QED) is 0.313. The van der Waals surface area contributed by atoms with E-state index in [1.165, 1.54) is 29.8 Å². The number of hydrogen-bond donors (Lipinski definition) is 2. The van der Waals surface area contributed by atoms with E-state index in [0.717, 1.165) is 48.0 Å². The Balaban J connectivity index is 1.33. The normalized spacial score (nSPS) is 11.5. The molecule has 0 atom stereocenters. The molecule has 3 aromatic carbocycles. The average molecular weight is 484 g/mol. The van der Waals surface area contributed by atoms with Crippen molar-refractivity contribution in [3.63, 3.8) is 0 Å². The van der Waals surface area contributed by atoms with Crippen LogP contribution in [0.5, 0.6) is 0 Å². The zero-order valence-corrected chi connectivity index (χ0v) is 19.1. The first-order valence-corrected chi connectivity index (χ1v) is 11.7. The number of halogens is 1. The van der Waals surface area contributed by atoms with Gasteiger partial charge in [0.05, 0.1) is 30.1 Å². The molecule has 35 heavy (non-hydrogen) atoms. The van der Waals surface area contributed by atoms with Crippen LogP contribution in [-0.2, 0) is 17.8 Å². The van der Waals surface area contributed by atoms with E-state index in [0.29, 0.717) is 12.4 Å². The van der Waals surface area contributed by atoms with Gasteiger partial charge < -0.3 is 10.4 Å². The van der Waals surface area contributed by atoms with E-state index in [1.807, 2.05) is 47.1 Å². The highest BCUT2D eigenvalue weighted by molar-refractivity contribution is 7.25. The highest BCUT2D eigenvalue weighted by atomic mass is 32.1. The van der Waals surface area contributed by atoms with Crippen molar-refractivity contribution in [1.82, 2.24) is 19.7 Å². The molecule has 0 saturated heterocycles. The van der Waals surface area contributed by atoms with Gasteiger partial charge >= 0.3 is 5.97 Å². The van der Waals surface area contributed by atoms with E-state index in [9.17, 15) is 9.18 Å². The number of nitrogens with one attached hydrogen (secondary N) is 1. The number of thiophene rings is 1. The number of aromatic nitrogens is 4. The lowest BCUT2D eigenvalue weighted by molar-refractivity contribution is -0.136. The van der Waals surface area contributed by atoms with Crippen molar-refractivity contribution in [2.45, 2.75) is 13.0 Å². The third-order valence-electron chi connectivity index (χ3n) is 5.82. The van der Waals surface area contributed by atoms with Crippen LogP contribution < -0.4 is 5.32 Å². The van der Waals surface area contributed by atoms with Crippen molar-refractivity contribution in [1.29, 1.82) is 0 Å². The first-order valence-electron chi connectivity index (χ1n) is 10.9. The molecule has 6 aromatic rings. The standard InChI is InChI=1S/C26H18FN5O2S/c27-18-3-1-2-16(8-18)13-32-21-7-5-19(11-17(21)12-30-32)31-25-24-20-6-4-15(10-23(33)34)9-22(20)35-26(24)29-14-28-25/h1-9,11-12,14H,10,13H2,(H,33,34)(H,28,29,31). The van der Waals surface area contributed by atoms with Crippen LogP contribution in [0.2, 0.25) is 0 Å². The van der Waals surface area contributed by atoms with Crippen LogP contribution in [0.3, 0.4) is 0 Å². The fraction of sp³-hybridized carbons (Fsp3) is 0.0769. The molecule has 0 radical (unpaired) electrons. The zero-order chi connectivity index (χ0) is 23.9. The van der Waals surface area contributed by atoms with Gasteiger partial charge in [0.1, 0.15) is 22.8 Å². The molecule has 172 valence electrons. The molecule has 9 heteroatoms. The monoisotopic (exact) mass is 483 g/mol. The Labute approximate surface area is 202 Å². The molecule has 0 fully saturated rings. The Bertz CT molecular complexity index is 1740. The fourth-order valence-electron chi connectivity index (χ4n) is 4.27. The van der Waals surface area contributed by atoms with Crippen molar-refractivity contribution in [3.05, 3.63) is 90.1 Å². The molecule has 0 spiro atoms. The lowest BCUT2D eigenvalue weighted by Crippen LogP contribution is -2.01. The summed E-state index contributed by atoms with van der Waals surface area (Å²) in [5, 5.41) is 19.8. The molecule has 0 unspecified atom stereocenters. The minimum atomic E-state index is -0.859. The van der Waals surface area contributed by atoms with Crippen molar-refractivity contribution >= 4 is 60.0 Å². The fourth-order valence-corrected chi connectivity index (χ4v) is 5.37. The molecule has 0 aliphatic heterocycles. The number of carboxylic acid groups (broad SMARTS) is 1. The molecular formula is C26H18FN5O2S. The number of hydrogen-bond acceptors (Lipinski definition) is 6. The maximum absolute atomic E-state index is 13.6. The van der Waals surface area contributed by atoms with Gasteiger partial charge in [0, 0.05) is 21.2 Å². The Morgan fingerprint density at radius 2 is 1.97 bits per heavy atom. The van der Waals surface area contributed by atoms with Crippen molar-refractivity contribution in [3.8, 4) is 0 Å². The first kappa shape index (κ1) is 21.2. The number of fused-ring (bicyclic) bond motifs is 4. The predicted octanol–water partition coefficient (Wildman–Crippen LogP) is 5.75. The molecule has 0 aliphatic carbocycles. The maximum Gasteiger partial charge on any atom is 0.307 e. The van der Waals surface area contributed by atoms with E-state index in [2.05, 4.69) is 20.4 Å². The third kappa shape index (κ3) is 4.06. The van der Waals surface area contributed by atoms with E-state index in [-0.39, 0.29) is 12.2 Å². The number of carboxylic acids is 1. The lowest BCUT2D eigenvalue weighted by Gasteiger charge is -2.08. The predicted molar refractivity (Wildman–Crippen MR) is 135 cm³/mol. The van der Waals surface area contributed by atoms with Gasteiger partial charge in [-0.3, -0.25) is 9.48 Å². The van der Waals surface area contributed by atoms with Gasteiger partial charge in [0.15, 0.2) is 0 Å². The molecule has 7 nitrogen and oxygen atoms in total. The lowest BCUT2D eigenvalue weighted by atomic mass is 10.1. The van der Waals surface area contributed by atoms with Gasteiger partial charge in [0.25, 0.3) is 0 Å². The van der Waals surface area contributed by atoms with Crippen LogP contribution >= 0.6 is 11.3 Å². The van der Waals surface area contributed by atoms with Crippen LogP contribution in [0.1, 0.15) is 11.1 Å². The summed E-state index contributed by atoms with van der Waals surface area (Å²) in [6.45, 7) is 0.478. The van der Waals surface area contributed by atoms with E-state index >= 15 is 0 Å². The van der Waals surface area contributed by atoms with E-state index < -0.39 is 5.97 Å². The molecule has 0 amide bonds. The molecule has 3 aromatic heterocycles. The second-order valence-electron chi connectivity index (χ2n) is 8.24. The largest absolute Gasteiger partial charge is 0.481 e. The Kier molecular flexibility index (Phi) is 5.11. The van der Waals surface area contributed by atoms with Gasteiger partial charge in [0.2, 0.25) is 0 Å². The van der Waals surface area contributed by atoms with Crippen LogP contribution in [-0.4, -0.2) is 30.8 Å². The van der Waals surface area contributed by atoms with Crippen molar-refractivity contribution < 1.29 is 14.3 Å². The Hall–Kier alpha value is -4.37.